The highest BCUT2D eigenvalue weighted by Crippen LogP contribution is 2.26. The minimum atomic E-state index is 0.648. The molecule has 3 aromatic rings. The number of allylic oxidation sites excluding steroid dienone is 1. The number of nitrogens with zero attached hydrogens (tertiary/aromatic N) is 4. The van der Waals surface area contributed by atoms with Crippen LogP contribution in [0.2, 0.25) is 5.02 Å². The van der Waals surface area contributed by atoms with Crippen LogP contribution in [0.1, 0.15) is 5.56 Å². The van der Waals surface area contributed by atoms with Crippen LogP contribution >= 0.6 is 23.4 Å². The number of benzene rings is 1. The first-order chi connectivity index (χ1) is 11.3. The van der Waals surface area contributed by atoms with E-state index in [1.54, 1.807) is 24.2 Å². The van der Waals surface area contributed by atoms with Crippen molar-refractivity contribution in [3.63, 3.8) is 0 Å². The quantitative estimate of drug-likeness (QED) is 0.489. The van der Waals surface area contributed by atoms with Crippen molar-refractivity contribution in [2.45, 2.75) is 17.5 Å². The fraction of sp³-hybridized carbons (Fsp3) is 0.118. The van der Waals surface area contributed by atoms with Crippen molar-refractivity contribution in [1.29, 1.82) is 0 Å². The summed E-state index contributed by atoms with van der Waals surface area (Å²) in [5.74, 6) is 1.58. The third-order valence-corrected chi connectivity index (χ3v) is 4.48. The molecule has 0 N–H and O–H groups in total. The van der Waals surface area contributed by atoms with Crippen molar-refractivity contribution >= 4 is 23.4 Å². The van der Waals surface area contributed by atoms with Crippen molar-refractivity contribution in [3.8, 4) is 11.4 Å². The van der Waals surface area contributed by atoms with Gasteiger partial charge in [-0.2, -0.15) is 0 Å². The van der Waals surface area contributed by atoms with Gasteiger partial charge >= 0.3 is 0 Å². The Morgan fingerprint density at radius 2 is 2.13 bits per heavy atom. The number of thioether (sulfide) groups is 1. The molecule has 0 aliphatic rings. The third kappa shape index (κ3) is 3.81. The fourth-order valence-electron chi connectivity index (χ4n) is 2.17. The molecule has 0 fully saturated rings. The zero-order valence-electron chi connectivity index (χ0n) is 12.4. The van der Waals surface area contributed by atoms with Crippen LogP contribution in [-0.2, 0) is 12.3 Å². The van der Waals surface area contributed by atoms with Crippen molar-refractivity contribution in [2.75, 3.05) is 0 Å². The summed E-state index contributed by atoms with van der Waals surface area (Å²) in [5.41, 5.74) is 2.09. The van der Waals surface area contributed by atoms with E-state index in [0.717, 1.165) is 32.9 Å². The van der Waals surface area contributed by atoms with E-state index in [9.17, 15) is 0 Å². The summed E-state index contributed by atoms with van der Waals surface area (Å²) < 4.78 is 2.04. The van der Waals surface area contributed by atoms with E-state index >= 15 is 0 Å². The monoisotopic (exact) mass is 342 g/mol. The molecule has 0 aliphatic carbocycles. The van der Waals surface area contributed by atoms with Gasteiger partial charge < -0.3 is 0 Å². The van der Waals surface area contributed by atoms with Crippen LogP contribution in [0.25, 0.3) is 11.4 Å². The Morgan fingerprint density at radius 1 is 1.22 bits per heavy atom. The summed E-state index contributed by atoms with van der Waals surface area (Å²) in [6.07, 6.45) is 5.37. The number of rotatable bonds is 6. The second-order valence-electron chi connectivity index (χ2n) is 4.87. The van der Waals surface area contributed by atoms with E-state index < -0.39 is 0 Å². The molecule has 0 saturated heterocycles. The van der Waals surface area contributed by atoms with Gasteiger partial charge in [0.15, 0.2) is 11.0 Å². The molecule has 116 valence electrons. The third-order valence-electron chi connectivity index (χ3n) is 3.21. The van der Waals surface area contributed by atoms with Gasteiger partial charge in [-0.05, 0) is 29.8 Å². The van der Waals surface area contributed by atoms with E-state index in [0.29, 0.717) is 6.54 Å². The normalized spacial score (nSPS) is 10.7. The van der Waals surface area contributed by atoms with E-state index in [-0.39, 0.29) is 0 Å². The Bertz CT molecular complexity index is 801. The molecule has 6 heteroatoms. The van der Waals surface area contributed by atoms with Gasteiger partial charge in [-0.25, -0.2) is 0 Å². The van der Waals surface area contributed by atoms with Crippen LogP contribution < -0.4 is 0 Å². The Hall–Kier alpha value is -2.11. The summed E-state index contributed by atoms with van der Waals surface area (Å²) >= 11 is 7.66. The molecule has 0 unspecified atom stereocenters. The predicted molar refractivity (Wildman–Crippen MR) is 94.5 cm³/mol. The number of hydrogen-bond donors (Lipinski definition) is 0. The lowest BCUT2D eigenvalue weighted by molar-refractivity contribution is 0.731. The topological polar surface area (TPSA) is 43.6 Å². The van der Waals surface area contributed by atoms with Gasteiger partial charge in [0.25, 0.3) is 0 Å². The zero-order valence-corrected chi connectivity index (χ0v) is 14.0. The molecule has 0 saturated carbocycles. The largest absolute Gasteiger partial charge is 0.298 e. The molecule has 0 amide bonds. The lowest BCUT2D eigenvalue weighted by Crippen LogP contribution is -2.00. The summed E-state index contributed by atoms with van der Waals surface area (Å²) in [6.45, 7) is 4.47. The molecule has 2 aromatic heterocycles. The second-order valence-corrected chi connectivity index (χ2v) is 6.24. The molecule has 1 aromatic carbocycles. The molecule has 2 heterocycles. The maximum Gasteiger partial charge on any atom is 0.192 e. The van der Waals surface area contributed by atoms with Crippen LogP contribution in [0.15, 0.2) is 66.6 Å². The predicted octanol–water partition coefficient (Wildman–Crippen LogP) is 4.47. The highest BCUT2D eigenvalue weighted by molar-refractivity contribution is 7.98. The van der Waals surface area contributed by atoms with Crippen molar-refractivity contribution in [1.82, 2.24) is 19.7 Å². The van der Waals surface area contributed by atoms with Gasteiger partial charge in [0.05, 0.1) is 0 Å². The lowest BCUT2D eigenvalue weighted by Gasteiger charge is -2.07. The molecule has 0 aliphatic heterocycles. The van der Waals surface area contributed by atoms with Crippen molar-refractivity contribution < 1.29 is 0 Å². The van der Waals surface area contributed by atoms with Crippen LogP contribution in [0, 0.1) is 0 Å². The van der Waals surface area contributed by atoms with Crippen molar-refractivity contribution in [3.05, 3.63) is 72.0 Å². The van der Waals surface area contributed by atoms with Gasteiger partial charge in [-0.1, -0.05) is 41.6 Å². The zero-order chi connectivity index (χ0) is 16.1. The van der Waals surface area contributed by atoms with E-state index in [4.69, 9.17) is 11.6 Å². The van der Waals surface area contributed by atoms with Gasteiger partial charge in [0, 0.05) is 35.3 Å². The smallest absolute Gasteiger partial charge is 0.192 e. The Morgan fingerprint density at radius 3 is 2.87 bits per heavy atom. The maximum atomic E-state index is 6.03. The first-order valence-electron chi connectivity index (χ1n) is 7.09. The van der Waals surface area contributed by atoms with Gasteiger partial charge in [-0.15, -0.1) is 16.8 Å². The standard InChI is InChI=1S/C17H15ClN4S/c1-2-9-22-16(14-6-4-8-19-11-14)20-21-17(22)23-12-13-5-3-7-15(18)10-13/h2-8,10-11H,1,9,12H2. The number of aromatic nitrogens is 4. The van der Waals surface area contributed by atoms with E-state index in [1.807, 2.05) is 41.0 Å². The molecule has 3 rings (SSSR count). The maximum absolute atomic E-state index is 6.03. The first kappa shape index (κ1) is 15.8. The van der Waals surface area contributed by atoms with Crippen LogP contribution in [0.4, 0.5) is 0 Å². The first-order valence-corrected chi connectivity index (χ1v) is 8.46. The number of hydrogen-bond acceptors (Lipinski definition) is 4. The average Bonchev–Trinajstić information content (AvgIpc) is 2.97. The molecule has 0 bridgehead atoms. The van der Waals surface area contributed by atoms with E-state index in [1.165, 1.54) is 0 Å². The number of halogens is 1. The second kappa shape index (κ2) is 7.44. The minimum absolute atomic E-state index is 0.648. The summed E-state index contributed by atoms with van der Waals surface area (Å²) in [4.78, 5) is 4.15. The lowest BCUT2D eigenvalue weighted by atomic mass is 10.2. The fourth-order valence-corrected chi connectivity index (χ4v) is 3.28. The van der Waals surface area contributed by atoms with Crippen molar-refractivity contribution in [2.24, 2.45) is 0 Å². The van der Waals surface area contributed by atoms with Crippen LogP contribution in [-0.4, -0.2) is 19.7 Å². The van der Waals surface area contributed by atoms with E-state index in [2.05, 4.69) is 27.8 Å². The number of pyridine rings is 1. The summed E-state index contributed by atoms with van der Waals surface area (Å²) in [6, 6.07) is 11.7. The highest BCUT2D eigenvalue weighted by atomic mass is 35.5. The summed E-state index contributed by atoms with van der Waals surface area (Å²) in [5, 5.41) is 10.2. The Balaban J connectivity index is 1.85. The molecular formula is C17H15ClN4S. The minimum Gasteiger partial charge on any atom is -0.298 e. The Kier molecular flexibility index (Phi) is 5.10. The van der Waals surface area contributed by atoms with Crippen LogP contribution in [0.3, 0.4) is 0 Å². The molecule has 0 radical (unpaired) electrons. The molecule has 0 atom stereocenters. The van der Waals surface area contributed by atoms with Crippen LogP contribution in [0.5, 0.6) is 0 Å². The van der Waals surface area contributed by atoms with Gasteiger partial charge in [-0.3, -0.25) is 9.55 Å². The van der Waals surface area contributed by atoms with Gasteiger partial charge in [0.1, 0.15) is 0 Å². The highest BCUT2D eigenvalue weighted by Gasteiger charge is 2.13. The molecular weight excluding hydrogens is 328 g/mol. The van der Waals surface area contributed by atoms with Gasteiger partial charge in [0.2, 0.25) is 0 Å². The SMILES string of the molecule is C=CCn1c(SCc2cccc(Cl)c2)nnc1-c1cccnc1. The Labute approximate surface area is 144 Å². The molecule has 0 spiro atoms. The molecule has 4 nitrogen and oxygen atoms in total. The summed E-state index contributed by atoms with van der Waals surface area (Å²) in [7, 11) is 0. The average molecular weight is 343 g/mol. The molecule has 23 heavy (non-hydrogen) atoms.